The minimum absolute atomic E-state index is 0. The summed E-state index contributed by atoms with van der Waals surface area (Å²) in [6.45, 7) is 4.07. The van der Waals surface area contributed by atoms with Gasteiger partial charge in [0, 0.05) is 18.0 Å². The van der Waals surface area contributed by atoms with Crippen LogP contribution in [0.2, 0.25) is 0 Å². The molecule has 0 spiro atoms. The van der Waals surface area contributed by atoms with Gasteiger partial charge in [-0.3, -0.25) is 4.79 Å². The van der Waals surface area contributed by atoms with E-state index >= 15 is 0 Å². The minimum atomic E-state index is 0. The molecule has 1 atom stereocenters. The number of furan rings is 1. The largest absolute Gasteiger partial charge is 0.462 e. The van der Waals surface area contributed by atoms with Crippen LogP contribution in [0.25, 0.3) is 10.8 Å². The fourth-order valence-electron chi connectivity index (χ4n) is 2.46. The van der Waals surface area contributed by atoms with E-state index < -0.39 is 0 Å². The Hall–Kier alpha value is -1.08. The van der Waals surface area contributed by atoms with Gasteiger partial charge in [-0.15, -0.1) is 36.2 Å². The zero-order valence-electron chi connectivity index (χ0n) is 12.2. The van der Waals surface area contributed by atoms with E-state index in [9.17, 15) is 4.79 Å². The zero-order chi connectivity index (χ0) is 14.1. The molecule has 1 amide bonds. The number of carbonyl (C=O) groups is 1. The molecule has 2 aromatic heterocycles. The Balaban J connectivity index is 0.00000121. The van der Waals surface area contributed by atoms with Gasteiger partial charge in [-0.2, -0.15) is 0 Å². The first-order chi connectivity index (χ1) is 9.69. The van der Waals surface area contributed by atoms with Crippen LogP contribution in [-0.2, 0) is 0 Å². The van der Waals surface area contributed by atoms with Gasteiger partial charge in [-0.05, 0) is 37.9 Å². The van der Waals surface area contributed by atoms with Crippen LogP contribution in [0.15, 0.2) is 22.8 Å². The molecular formula is C14H19Cl2N3O2S. The monoisotopic (exact) mass is 363 g/mol. The van der Waals surface area contributed by atoms with Crippen molar-refractivity contribution in [3.8, 4) is 10.8 Å². The van der Waals surface area contributed by atoms with Crippen molar-refractivity contribution in [2.24, 2.45) is 11.7 Å². The SMILES string of the molecule is Cc1sc(-c2ccco2)nc1C(=O)N1CCC(CN)C1.Cl.Cl. The van der Waals surface area contributed by atoms with Crippen LogP contribution in [0.3, 0.4) is 0 Å². The molecule has 2 aromatic rings. The Labute approximate surface area is 145 Å². The van der Waals surface area contributed by atoms with E-state index in [0.29, 0.717) is 23.9 Å². The van der Waals surface area contributed by atoms with Gasteiger partial charge in [0.1, 0.15) is 5.69 Å². The fourth-order valence-corrected chi connectivity index (χ4v) is 3.33. The number of nitrogens with two attached hydrogens (primary N) is 1. The number of likely N-dealkylation sites (tertiary alicyclic amines) is 1. The zero-order valence-corrected chi connectivity index (χ0v) is 14.6. The highest BCUT2D eigenvalue weighted by Gasteiger charge is 2.29. The number of aromatic nitrogens is 1. The Morgan fingerprint density at radius 1 is 1.55 bits per heavy atom. The van der Waals surface area contributed by atoms with Gasteiger partial charge in [0.15, 0.2) is 10.8 Å². The molecule has 3 rings (SSSR count). The third-order valence-corrected chi connectivity index (χ3v) is 4.62. The number of aryl methyl sites for hydroxylation is 1. The Morgan fingerprint density at radius 2 is 2.32 bits per heavy atom. The van der Waals surface area contributed by atoms with Gasteiger partial charge in [0.2, 0.25) is 0 Å². The summed E-state index contributed by atoms with van der Waals surface area (Å²) in [6, 6.07) is 3.67. The Kier molecular flexibility index (Phi) is 6.87. The molecule has 1 aliphatic rings. The van der Waals surface area contributed by atoms with E-state index in [4.69, 9.17) is 10.2 Å². The standard InChI is InChI=1S/C14H17N3O2S.2ClH/c1-9-12(14(18)17-5-4-10(7-15)8-17)16-13(20-9)11-3-2-6-19-11;;/h2-3,6,10H,4-5,7-8,15H2,1H3;2*1H. The number of hydrogen-bond acceptors (Lipinski definition) is 5. The normalized spacial score (nSPS) is 17.0. The first kappa shape index (κ1) is 19.0. The molecule has 5 nitrogen and oxygen atoms in total. The lowest BCUT2D eigenvalue weighted by atomic mass is 10.1. The molecule has 3 heterocycles. The van der Waals surface area contributed by atoms with Gasteiger partial charge in [0.05, 0.1) is 6.26 Å². The minimum Gasteiger partial charge on any atom is -0.462 e. The molecule has 1 saturated heterocycles. The van der Waals surface area contributed by atoms with E-state index in [2.05, 4.69) is 4.98 Å². The van der Waals surface area contributed by atoms with Crippen LogP contribution >= 0.6 is 36.2 Å². The van der Waals surface area contributed by atoms with E-state index in [1.165, 1.54) is 11.3 Å². The van der Waals surface area contributed by atoms with Crippen LogP contribution in [0, 0.1) is 12.8 Å². The number of thiazole rings is 1. The third-order valence-electron chi connectivity index (χ3n) is 3.64. The van der Waals surface area contributed by atoms with Crippen molar-refractivity contribution < 1.29 is 9.21 Å². The molecule has 2 N–H and O–H groups in total. The summed E-state index contributed by atoms with van der Waals surface area (Å²) in [4.78, 5) is 19.7. The van der Waals surface area contributed by atoms with Crippen LogP contribution < -0.4 is 5.73 Å². The maximum atomic E-state index is 12.5. The summed E-state index contributed by atoms with van der Waals surface area (Å²) in [6.07, 6.45) is 2.59. The summed E-state index contributed by atoms with van der Waals surface area (Å²) in [5, 5.41) is 0.755. The molecule has 1 aliphatic heterocycles. The second kappa shape index (κ2) is 7.97. The molecule has 8 heteroatoms. The second-order valence-electron chi connectivity index (χ2n) is 5.04. The smallest absolute Gasteiger partial charge is 0.273 e. The van der Waals surface area contributed by atoms with E-state index in [1.54, 1.807) is 6.26 Å². The summed E-state index contributed by atoms with van der Waals surface area (Å²) < 4.78 is 5.33. The van der Waals surface area contributed by atoms with Crippen molar-refractivity contribution in [3.63, 3.8) is 0 Å². The van der Waals surface area contributed by atoms with Gasteiger partial charge < -0.3 is 15.1 Å². The van der Waals surface area contributed by atoms with Crippen molar-refractivity contribution in [2.45, 2.75) is 13.3 Å². The number of nitrogens with zero attached hydrogens (tertiary/aromatic N) is 2. The van der Waals surface area contributed by atoms with Gasteiger partial charge in [0.25, 0.3) is 5.91 Å². The topological polar surface area (TPSA) is 72.4 Å². The van der Waals surface area contributed by atoms with Crippen molar-refractivity contribution >= 4 is 42.1 Å². The summed E-state index contributed by atoms with van der Waals surface area (Å²) >= 11 is 1.49. The number of hydrogen-bond donors (Lipinski definition) is 1. The molecule has 0 aromatic carbocycles. The highest BCUT2D eigenvalue weighted by atomic mass is 35.5. The van der Waals surface area contributed by atoms with Crippen LogP contribution in [0.1, 0.15) is 21.8 Å². The van der Waals surface area contributed by atoms with E-state index in [-0.39, 0.29) is 30.7 Å². The second-order valence-corrected chi connectivity index (χ2v) is 6.25. The molecule has 0 bridgehead atoms. The van der Waals surface area contributed by atoms with Crippen molar-refractivity contribution in [1.82, 2.24) is 9.88 Å². The Morgan fingerprint density at radius 3 is 2.91 bits per heavy atom. The van der Waals surface area contributed by atoms with Crippen LogP contribution in [0.5, 0.6) is 0 Å². The van der Waals surface area contributed by atoms with Crippen molar-refractivity contribution in [3.05, 3.63) is 29.0 Å². The highest BCUT2D eigenvalue weighted by Crippen LogP contribution is 2.29. The lowest BCUT2D eigenvalue weighted by Crippen LogP contribution is -2.30. The van der Waals surface area contributed by atoms with E-state index in [1.807, 2.05) is 24.0 Å². The average molecular weight is 364 g/mol. The molecule has 0 aliphatic carbocycles. The molecule has 122 valence electrons. The summed E-state index contributed by atoms with van der Waals surface area (Å²) in [7, 11) is 0. The molecule has 22 heavy (non-hydrogen) atoms. The number of halogens is 2. The van der Waals surface area contributed by atoms with Crippen molar-refractivity contribution in [1.29, 1.82) is 0 Å². The maximum absolute atomic E-state index is 12.5. The molecular weight excluding hydrogens is 345 g/mol. The molecule has 0 saturated carbocycles. The van der Waals surface area contributed by atoms with Gasteiger partial charge in [-0.1, -0.05) is 0 Å². The molecule has 1 fully saturated rings. The van der Waals surface area contributed by atoms with E-state index in [0.717, 1.165) is 29.4 Å². The van der Waals surface area contributed by atoms with Crippen LogP contribution in [0.4, 0.5) is 0 Å². The quantitative estimate of drug-likeness (QED) is 0.909. The van der Waals surface area contributed by atoms with Crippen LogP contribution in [-0.4, -0.2) is 35.4 Å². The Bertz CT molecular complexity index is 616. The number of carbonyl (C=O) groups excluding carboxylic acids is 1. The molecule has 1 unspecified atom stereocenters. The lowest BCUT2D eigenvalue weighted by molar-refractivity contribution is 0.0782. The lowest BCUT2D eigenvalue weighted by Gasteiger charge is -2.15. The van der Waals surface area contributed by atoms with Crippen molar-refractivity contribution in [2.75, 3.05) is 19.6 Å². The predicted octanol–water partition coefficient (Wildman–Crippen LogP) is 2.98. The van der Waals surface area contributed by atoms with Gasteiger partial charge >= 0.3 is 0 Å². The first-order valence-corrected chi connectivity index (χ1v) is 7.51. The summed E-state index contributed by atoms with van der Waals surface area (Å²) in [5.74, 6) is 1.13. The molecule has 0 radical (unpaired) electrons. The third kappa shape index (κ3) is 3.63. The predicted molar refractivity (Wildman–Crippen MR) is 92.1 cm³/mol. The maximum Gasteiger partial charge on any atom is 0.273 e. The number of rotatable bonds is 3. The average Bonchev–Trinajstić information content (AvgIpc) is 3.18. The summed E-state index contributed by atoms with van der Waals surface area (Å²) in [5.41, 5.74) is 6.21. The fraction of sp³-hybridized carbons (Fsp3) is 0.429. The highest BCUT2D eigenvalue weighted by molar-refractivity contribution is 7.15. The van der Waals surface area contributed by atoms with Gasteiger partial charge in [-0.25, -0.2) is 4.98 Å². The number of amides is 1. The first-order valence-electron chi connectivity index (χ1n) is 6.69.